The molecule has 0 aromatic rings. The Morgan fingerprint density at radius 3 is 2.11 bits per heavy atom. The quantitative estimate of drug-likeness (QED) is 0.794. The van der Waals surface area contributed by atoms with Crippen molar-refractivity contribution in [3.63, 3.8) is 0 Å². The van der Waals surface area contributed by atoms with Gasteiger partial charge in [0.2, 0.25) is 5.91 Å². The number of hydrogen-bond donors (Lipinski definition) is 1. The summed E-state index contributed by atoms with van der Waals surface area (Å²) in [6, 6.07) is 0. The molecule has 2 unspecified atom stereocenters. The van der Waals surface area contributed by atoms with Crippen LogP contribution in [0.3, 0.4) is 0 Å². The first-order chi connectivity index (χ1) is 8.47. The second kappa shape index (κ2) is 6.73. The third kappa shape index (κ3) is 3.70. The number of nitrogens with zero attached hydrogens (tertiary/aromatic N) is 2. The smallest absolute Gasteiger partial charge is 0.307 e. The van der Waals surface area contributed by atoms with Gasteiger partial charge in [0.15, 0.2) is 0 Å². The number of hydrogen-bond acceptors (Lipinski definition) is 3. The minimum Gasteiger partial charge on any atom is -0.481 e. The molecule has 0 aliphatic carbocycles. The van der Waals surface area contributed by atoms with E-state index < -0.39 is 17.8 Å². The van der Waals surface area contributed by atoms with E-state index in [2.05, 4.69) is 11.8 Å². The highest BCUT2D eigenvalue weighted by atomic mass is 16.4. The molecule has 1 fully saturated rings. The fraction of sp³-hybridized carbons (Fsp3) is 0.846. The summed E-state index contributed by atoms with van der Waals surface area (Å²) >= 11 is 0. The van der Waals surface area contributed by atoms with Gasteiger partial charge < -0.3 is 10.0 Å². The lowest BCUT2D eigenvalue weighted by Gasteiger charge is -2.36. The lowest BCUT2D eigenvalue weighted by Crippen LogP contribution is -2.51. The second-order valence-electron chi connectivity index (χ2n) is 5.08. The summed E-state index contributed by atoms with van der Waals surface area (Å²) in [6.07, 6.45) is 1.13. The van der Waals surface area contributed by atoms with Crippen molar-refractivity contribution in [3.05, 3.63) is 0 Å². The van der Waals surface area contributed by atoms with Crippen LogP contribution in [0.2, 0.25) is 0 Å². The van der Waals surface area contributed by atoms with Crippen molar-refractivity contribution in [2.45, 2.75) is 27.2 Å². The van der Waals surface area contributed by atoms with Crippen molar-refractivity contribution in [3.8, 4) is 0 Å². The summed E-state index contributed by atoms with van der Waals surface area (Å²) in [7, 11) is 0. The van der Waals surface area contributed by atoms with E-state index in [0.717, 1.165) is 39.1 Å². The Kier molecular flexibility index (Phi) is 5.59. The second-order valence-corrected chi connectivity index (χ2v) is 5.08. The van der Waals surface area contributed by atoms with Gasteiger partial charge in [0.1, 0.15) is 0 Å². The van der Waals surface area contributed by atoms with Crippen LogP contribution in [0.5, 0.6) is 0 Å². The summed E-state index contributed by atoms with van der Waals surface area (Å²) in [6.45, 7) is 9.75. The van der Waals surface area contributed by atoms with E-state index in [1.807, 2.05) is 0 Å². The minimum atomic E-state index is -0.902. The molecule has 0 aromatic heterocycles. The lowest BCUT2D eigenvalue weighted by molar-refractivity contribution is -0.149. The Morgan fingerprint density at radius 2 is 1.67 bits per heavy atom. The summed E-state index contributed by atoms with van der Waals surface area (Å²) in [5.74, 6) is -1.99. The highest BCUT2D eigenvalue weighted by Crippen LogP contribution is 2.16. The van der Waals surface area contributed by atoms with Crippen LogP contribution < -0.4 is 0 Å². The molecule has 0 radical (unpaired) electrons. The van der Waals surface area contributed by atoms with Gasteiger partial charge in [-0.3, -0.25) is 14.5 Å². The Bertz CT molecular complexity index is 299. The Labute approximate surface area is 109 Å². The maximum absolute atomic E-state index is 12.2. The Hall–Kier alpha value is -1.10. The lowest BCUT2D eigenvalue weighted by atomic mass is 9.94. The first kappa shape index (κ1) is 15.0. The van der Waals surface area contributed by atoms with Gasteiger partial charge in [0.25, 0.3) is 0 Å². The van der Waals surface area contributed by atoms with Gasteiger partial charge in [-0.15, -0.1) is 0 Å². The first-order valence-corrected chi connectivity index (χ1v) is 6.71. The fourth-order valence-electron chi connectivity index (χ4n) is 2.22. The SMILES string of the molecule is CCCN1CCN(C(=O)C(C)C(C)C(=O)O)CC1. The van der Waals surface area contributed by atoms with Crippen LogP contribution in [-0.4, -0.2) is 59.5 Å². The van der Waals surface area contributed by atoms with E-state index in [4.69, 9.17) is 5.11 Å². The molecule has 0 spiro atoms. The molecule has 104 valence electrons. The largest absolute Gasteiger partial charge is 0.481 e. The average Bonchev–Trinajstić information content (AvgIpc) is 2.37. The van der Waals surface area contributed by atoms with Crippen molar-refractivity contribution in [1.82, 2.24) is 9.80 Å². The zero-order valence-electron chi connectivity index (χ0n) is 11.6. The topological polar surface area (TPSA) is 60.9 Å². The molecule has 1 aliphatic rings. The zero-order chi connectivity index (χ0) is 13.7. The normalized spacial score (nSPS) is 20.5. The van der Waals surface area contributed by atoms with Crippen LogP contribution in [0.15, 0.2) is 0 Å². The molecule has 1 aliphatic heterocycles. The van der Waals surface area contributed by atoms with E-state index in [0.29, 0.717) is 0 Å². The average molecular weight is 256 g/mol. The van der Waals surface area contributed by atoms with Crippen molar-refractivity contribution in [1.29, 1.82) is 0 Å². The molecule has 1 N–H and O–H groups in total. The molecule has 5 nitrogen and oxygen atoms in total. The summed E-state index contributed by atoms with van der Waals surface area (Å²) in [4.78, 5) is 27.2. The number of amides is 1. The first-order valence-electron chi connectivity index (χ1n) is 6.71. The molecule has 18 heavy (non-hydrogen) atoms. The highest BCUT2D eigenvalue weighted by molar-refractivity contribution is 5.84. The number of carbonyl (C=O) groups excluding carboxylic acids is 1. The van der Waals surface area contributed by atoms with Crippen molar-refractivity contribution < 1.29 is 14.7 Å². The van der Waals surface area contributed by atoms with Crippen molar-refractivity contribution in [2.75, 3.05) is 32.7 Å². The van der Waals surface area contributed by atoms with Crippen LogP contribution in [0, 0.1) is 11.8 Å². The fourth-order valence-corrected chi connectivity index (χ4v) is 2.22. The molecule has 5 heteroatoms. The van der Waals surface area contributed by atoms with Gasteiger partial charge in [-0.1, -0.05) is 20.8 Å². The Balaban J connectivity index is 2.47. The maximum atomic E-state index is 12.2. The molecular weight excluding hydrogens is 232 g/mol. The van der Waals surface area contributed by atoms with Gasteiger partial charge in [-0.25, -0.2) is 0 Å². The van der Waals surface area contributed by atoms with Gasteiger partial charge in [-0.05, 0) is 13.0 Å². The molecule has 0 bridgehead atoms. The highest BCUT2D eigenvalue weighted by Gasteiger charge is 2.30. The predicted molar refractivity (Wildman–Crippen MR) is 69.3 cm³/mol. The third-order valence-electron chi connectivity index (χ3n) is 3.75. The number of carboxylic acid groups (broad SMARTS) is 1. The standard InChI is InChI=1S/C13H24N2O3/c1-4-5-14-6-8-15(9-7-14)12(16)10(2)11(3)13(17)18/h10-11H,4-9H2,1-3H3,(H,17,18). The third-order valence-corrected chi connectivity index (χ3v) is 3.75. The number of carbonyl (C=O) groups is 2. The maximum Gasteiger partial charge on any atom is 0.307 e. The summed E-state index contributed by atoms with van der Waals surface area (Å²) in [5.41, 5.74) is 0. The van der Waals surface area contributed by atoms with Gasteiger partial charge in [0, 0.05) is 32.1 Å². The van der Waals surface area contributed by atoms with Gasteiger partial charge >= 0.3 is 5.97 Å². The molecule has 0 saturated carbocycles. The number of rotatable bonds is 5. The minimum absolute atomic E-state index is 0.0268. The van der Waals surface area contributed by atoms with E-state index in [1.165, 1.54) is 0 Å². The van der Waals surface area contributed by atoms with Crippen molar-refractivity contribution >= 4 is 11.9 Å². The van der Waals surface area contributed by atoms with E-state index in [-0.39, 0.29) is 5.91 Å². The van der Waals surface area contributed by atoms with Crippen LogP contribution >= 0.6 is 0 Å². The molecular formula is C13H24N2O3. The van der Waals surface area contributed by atoms with Gasteiger partial charge in [0.05, 0.1) is 5.92 Å². The number of carboxylic acids is 1. The zero-order valence-corrected chi connectivity index (χ0v) is 11.6. The van der Waals surface area contributed by atoms with E-state index in [1.54, 1.807) is 18.7 Å². The predicted octanol–water partition coefficient (Wildman–Crippen LogP) is 0.897. The number of piperazine rings is 1. The molecule has 2 atom stereocenters. The summed E-state index contributed by atoms with van der Waals surface area (Å²) < 4.78 is 0. The van der Waals surface area contributed by atoms with Crippen LogP contribution in [-0.2, 0) is 9.59 Å². The molecule has 0 aromatic carbocycles. The molecule has 1 saturated heterocycles. The van der Waals surface area contributed by atoms with Gasteiger partial charge in [-0.2, -0.15) is 0 Å². The van der Waals surface area contributed by atoms with E-state index >= 15 is 0 Å². The van der Waals surface area contributed by atoms with Crippen LogP contribution in [0.1, 0.15) is 27.2 Å². The van der Waals surface area contributed by atoms with Crippen LogP contribution in [0.25, 0.3) is 0 Å². The molecule has 1 rings (SSSR count). The monoisotopic (exact) mass is 256 g/mol. The molecule has 1 heterocycles. The summed E-state index contributed by atoms with van der Waals surface area (Å²) in [5, 5.41) is 8.93. The molecule has 1 amide bonds. The van der Waals surface area contributed by atoms with Crippen LogP contribution in [0.4, 0.5) is 0 Å². The Morgan fingerprint density at radius 1 is 1.11 bits per heavy atom. The van der Waals surface area contributed by atoms with E-state index in [9.17, 15) is 9.59 Å². The van der Waals surface area contributed by atoms with Crippen molar-refractivity contribution in [2.24, 2.45) is 11.8 Å². The number of aliphatic carboxylic acids is 1.